The average molecular weight is 264 g/mol. The first-order valence-corrected chi connectivity index (χ1v) is 6.53. The standard InChI is InChI=1S/C12H16N4OS/c1-4-8-5-6-9(18-8)12(17)14-11-10(13)7(2)15-16(11)3/h5-6H,4,13H2,1-3H3,(H,14,17). The molecule has 0 saturated heterocycles. The van der Waals surface area contributed by atoms with Crippen LogP contribution in [0.15, 0.2) is 12.1 Å². The molecule has 6 heteroatoms. The fraction of sp³-hybridized carbons (Fsp3) is 0.333. The minimum atomic E-state index is -0.144. The van der Waals surface area contributed by atoms with Crippen LogP contribution in [-0.4, -0.2) is 15.7 Å². The molecule has 0 unspecified atom stereocenters. The zero-order valence-corrected chi connectivity index (χ0v) is 11.5. The summed E-state index contributed by atoms with van der Waals surface area (Å²) in [6.45, 7) is 3.88. The first kappa shape index (κ1) is 12.6. The van der Waals surface area contributed by atoms with E-state index in [1.54, 1.807) is 11.7 Å². The Morgan fingerprint density at radius 1 is 1.56 bits per heavy atom. The van der Waals surface area contributed by atoms with Gasteiger partial charge in [-0.2, -0.15) is 5.10 Å². The van der Waals surface area contributed by atoms with E-state index >= 15 is 0 Å². The molecule has 0 atom stereocenters. The Kier molecular flexibility index (Phi) is 3.38. The number of nitrogens with zero attached hydrogens (tertiary/aromatic N) is 2. The summed E-state index contributed by atoms with van der Waals surface area (Å²) in [6.07, 6.45) is 0.935. The first-order valence-electron chi connectivity index (χ1n) is 5.72. The maximum absolute atomic E-state index is 12.1. The van der Waals surface area contributed by atoms with Crippen LogP contribution in [-0.2, 0) is 13.5 Å². The molecule has 0 saturated carbocycles. The van der Waals surface area contributed by atoms with Gasteiger partial charge in [-0.25, -0.2) is 0 Å². The molecule has 5 nitrogen and oxygen atoms in total. The van der Waals surface area contributed by atoms with Crippen LogP contribution in [0.5, 0.6) is 0 Å². The van der Waals surface area contributed by atoms with Gasteiger partial charge in [0.15, 0.2) is 5.82 Å². The van der Waals surface area contributed by atoms with Gasteiger partial charge in [-0.1, -0.05) is 6.92 Å². The largest absolute Gasteiger partial charge is 0.394 e. The van der Waals surface area contributed by atoms with Gasteiger partial charge in [0, 0.05) is 11.9 Å². The molecule has 0 bridgehead atoms. The fourth-order valence-electron chi connectivity index (χ4n) is 1.68. The van der Waals surface area contributed by atoms with Crippen molar-refractivity contribution < 1.29 is 4.79 Å². The van der Waals surface area contributed by atoms with Gasteiger partial charge >= 0.3 is 0 Å². The smallest absolute Gasteiger partial charge is 0.266 e. The van der Waals surface area contributed by atoms with E-state index in [1.807, 2.05) is 19.1 Å². The highest BCUT2D eigenvalue weighted by molar-refractivity contribution is 7.14. The van der Waals surface area contributed by atoms with Crippen LogP contribution in [0.4, 0.5) is 11.5 Å². The molecule has 2 rings (SSSR count). The van der Waals surface area contributed by atoms with Gasteiger partial charge in [0.2, 0.25) is 0 Å². The number of carbonyl (C=O) groups is 1. The van der Waals surface area contributed by atoms with Crippen LogP contribution in [0.3, 0.4) is 0 Å². The monoisotopic (exact) mass is 264 g/mol. The normalized spacial score (nSPS) is 10.6. The van der Waals surface area contributed by atoms with E-state index in [-0.39, 0.29) is 5.91 Å². The first-order chi connectivity index (χ1) is 8.52. The minimum Gasteiger partial charge on any atom is -0.394 e. The summed E-state index contributed by atoms with van der Waals surface area (Å²) in [5.74, 6) is 0.401. The number of anilines is 2. The second kappa shape index (κ2) is 4.81. The highest BCUT2D eigenvalue weighted by atomic mass is 32.1. The third kappa shape index (κ3) is 2.24. The number of nitrogen functional groups attached to an aromatic ring is 1. The van der Waals surface area contributed by atoms with E-state index in [0.29, 0.717) is 22.1 Å². The summed E-state index contributed by atoms with van der Waals surface area (Å²) in [5.41, 5.74) is 7.09. The number of aryl methyl sites for hydroxylation is 3. The molecule has 3 N–H and O–H groups in total. The lowest BCUT2D eigenvalue weighted by Crippen LogP contribution is -2.14. The summed E-state index contributed by atoms with van der Waals surface area (Å²) < 4.78 is 1.58. The SMILES string of the molecule is CCc1ccc(C(=O)Nc2c(N)c(C)nn2C)s1. The second-order valence-corrected chi connectivity index (χ2v) is 5.21. The third-order valence-corrected chi connectivity index (χ3v) is 3.96. The number of hydrogen-bond acceptors (Lipinski definition) is 4. The van der Waals surface area contributed by atoms with Gasteiger partial charge in [0.05, 0.1) is 16.3 Å². The maximum atomic E-state index is 12.1. The number of carbonyl (C=O) groups excluding carboxylic acids is 1. The molecule has 0 aromatic carbocycles. The van der Waals surface area contributed by atoms with Crippen molar-refractivity contribution in [1.82, 2.24) is 9.78 Å². The molecular weight excluding hydrogens is 248 g/mol. The van der Waals surface area contributed by atoms with Crippen LogP contribution in [0.25, 0.3) is 0 Å². The van der Waals surface area contributed by atoms with Crippen molar-refractivity contribution in [3.8, 4) is 0 Å². The molecule has 0 aliphatic rings. The zero-order valence-electron chi connectivity index (χ0n) is 10.7. The van der Waals surface area contributed by atoms with Crippen LogP contribution in [0.1, 0.15) is 27.2 Å². The second-order valence-electron chi connectivity index (χ2n) is 4.04. The van der Waals surface area contributed by atoms with Gasteiger partial charge in [-0.3, -0.25) is 9.48 Å². The predicted molar refractivity (Wildman–Crippen MR) is 74.0 cm³/mol. The van der Waals surface area contributed by atoms with Gasteiger partial charge in [-0.05, 0) is 25.5 Å². The molecule has 0 radical (unpaired) electrons. The lowest BCUT2D eigenvalue weighted by Gasteiger charge is -2.04. The van der Waals surface area contributed by atoms with Crippen molar-refractivity contribution in [2.75, 3.05) is 11.1 Å². The zero-order chi connectivity index (χ0) is 13.3. The van der Waals surface area contributed by atoms with Gasteiger partial charge in [-0.15, -0.1) is 11.3 Å². The van der Waals surface area contributed by atoms with Crippen LogP contribution in [0, 0.1) is 6.92 Å². The van der Waals surface area contributed by atoms with E-state index in [1.165, 1.54) is 16.2 Å². The Labute approximate surface area is 110 Å². The lowest BCUT2D eigenvalue weighted by molar-refractivity contribution is 0.102. The number of nitrogens with two attached hydrogens (primary N) is 1. The summed E-state index contributed by atoms with van der Waals surface area (Å²) in [7, 11) is 1.75. The third-order valence-electron chi connectivity index (χ3n) is 2.73. The Balaban J connectivity index is 2.21. The summed E-state index contributed by atoms with van der Waals surface area (Å²) >= 11 is 1.50. The molecule has 1 amide bonds. The van der Waals surface area contributed by atoms with Crippen molar-refractivity contribution in [3.05, 3.63) is 27.6 Å². The minimum absolute atomic E-state index is 0.144. The number of thiophene rings is 1. The fourth-order valence-corrected chi connectivity index (χ4v) is 2.52. The van der Waals surface area contributed by atoms with Gasteiger partial charge in [0.1, 0.15) is 0 Å². The average Bonchev–Trinajstić information content (AvgIpc) is 2.90. The summed E-state index contributed by atoms with van der Waals surface area (Å²) in [6, 6.07) is 3.80. The van der Waals surface area contributed by atoms with Crippen LogP contribution >= 0.6 is 11.3 Å². The predicted octanol–water partition coefficient (Wildman–Crippen LogP) is 2.19. The highest BCUT2D eigenvalue weighted by Gasteiger charge is 2.15. The number of nitrogens with one attached hydrogen (secondary N) is 1. The molecule has 2 aromatic rings. The molecule has 0 aliphatic carbocycles. The molecule has 18 heavy (non-hydrogen) atoms. The van der Waals surface area contributed by atoms with Gasteiger partial charge < -0.3 is 11.1 Å². The highest BCUT2D eigenvalue weighted by Crippen LogP contribution is 2.23. The van der Waals surface area contributed by atoms with Crippen LogP contribution < -0.4 is 11.1 Å². The Morgan fingerprint density at radius 2 is 2.28 bits per heavy atom. The van der Waals surface area contributed by atoms with Crippen molar-refractivity contribution >= 4 is 28.7 Å². The molecule has 0 aliphatic heterocycles. The summed E-state index contributed by atoms with van der Waals surface area (Å²) in [5, 5.41) is 6.96. The number of amides is 1. The molecule has 0 fully saturated rings. The van der Waals surface area contributed by atoms with Crippen molar-refractivity contribution in [2.45, 2.75) is 20.3 Å². The van der Waals surface area contributed by atoms with Crippen molar-refractivity contribution in [1.29, 1.82) is 0 Å². The molecular formula is C12H16N4OS. The van der Waals surface area contributed by atoms with E-state index in [0.717, 1.165) is 6.42 Å². The van der Waals surface area contributed by atoms with Crippen LogP contribution in [0.2, 0.25) is 0 Å². The Hall–Kier alpha value is -1.82. The Morgan fingerprint density at radius 3 is 2.78 bits per heavy atom. The number of hydrogen-bond donors (Lipinski definition) is 2. The van der Waals surface area contributed by atoms with Crippen molar-refractivity contribution in [3.63, 3.8) is 0 Å². The van der Waals surface area contributed by atoms with E-state index in [9.17, 15) is 4.79 Å². The molecule has 2 heterocycles. The summed E-state index contributed by atoms with van der Waals surface area (Å²) in [4.78, 5) is 13.9. The quantitative estimate of drug-likeness (QED) is 0.892. The number of rotatable bonds is 3. The molecule has 2 aromatic heterocycles. The van der Waals surface area contributed by atoms with E-state index < -0.39 is 0 Å². The maximum Gasteiger partial charge on any atom is 0.266 e. The van der Waals surface area contributed by atoms with E-state index in [2.05, 4.69) is 17.3 Å². The van der Waals surface area contributed by atoms with Gasteiger partial charge in [0.25, 0.3) is 5.91 Å². The topological polar surface area (TPSA) is 72.9 Å². The van der Waals surface area contributed by atoms with Crippen molar-refractivity contribution in [2.24, 2.45) is 7.05 Å². The van der Waals surface area contributed by atoms with E-state index in [4.69, 9.17) is 5.73 Å². The Bertz CT molecular complexity index is 585. The molecule has 96 valence electrons. The molecule has 0 spiro atoms. The number of aromatic nitrogens is 2. The lowest BCUT2D eigenvalue weighted by atomic mass is 10.3.